The molecule has 0 aliphatic carbocycles. The number of nitrogens with two attached hydrogens (primary N) is 1. The minimum absolute atomic E-state index is 0.147. The Labute approximate surface area is 160 Å². The quantitative estimate of drug-likeness (QED) is 0.578. The molecule has 0 saturated heterocycles. The number of nitrogens with one attached hydrogen (secondary N) is 2. The predicted octanol–water partition coefficient (Wildman–Crippen LogP) is 3.27. The lowest BCUT2D eigenvalue weighted by Gasteiger charge is -2.13. The molecular formula is C18H17ClN6O2. The average Bonchev–Trinajstić information content (AvgIpc) is 2.67. The summed E-state index contributed by atoms with van der Waals surface area (Å²) in [5, 5.41) is 0.679. The van der Waals surface area contributed by atoms with Gasteiger partial charge in [0.2, 0.25) is 5.88 Å². The lowest BCUT2D eigenvalue weighted by Crippen LogP contribution is -2.30. The van der Waals surface area contributed by atoms with Crippen LogP contribution in [0.25, 0.3) is 0 Å². The van der Waals surface area contributed by atoms with Crippen molar-refractivity contribution in [3.05, 3.63) is 64.7 Å². The molecule has 0 atom stereocenters. The van der Waals surface area contributed by atoms with Crippen LogP contribution in [0.2, 0.25) is 5.02 Å². The largest absolute Gasteiger partial charge is 0.437 e. The van der Waals surface area contributed by atoms with Gasteiger partial charge in [-0.15, -0.1) is 0 Å². The molecule has 27 heavy (non-hydrogen) atoms. The first kappa shape index (κ1) is 18.4. The van der Waals surface area contributed by atoms with Gasteiger partial charge in [0.25, 0.3) is 5.91 Å². The SMILES string of the molecule is Cc1cc(Oc2ncnc(NNC(=O)c3cccnc3)c2N)cc(C)c1Cl. The van der Waals surface area contributed by atoms with Crippen LogP contribution in [0.15, 0.2) is 43.0 Å². The monoisotopic (exact) mass is 384 g/mol. The second-order valence-corrected chi connectivity index (χ2v) is 6.11. The van der Waals surface area contributed by atoms with Gasteiger partial charge in [0.05, 0.1) is 5.56 Å². The van der Waals surface area contributed by atoms with Crippen LogP contribution in [-0.4, -0.2) is 20.9 Å². The smallest absolute Gasteiger partial charge is 0.271 e. The number of hydrogen-bond acceptors (Lipinski definition) is 7. The standard InChI is InChI=1S/C18H17ClN6O2/c1-10-6-13(7-11(2)14(10)19)27-18-15(20)16(22-9-23-18)24-25-17(26)12-4-3-5-21-8-12/h3-9H,20H2,1-2H3,(H,25,26)(H,22,23,24). The molecule has 3 aromatic rings. The summed E-state index contributed by atoms with van der Waals surface area (Å²) in [4.78, 5) is 24.0. The third-order valence-electron chi connectivity index (χ3n) is 3.69. The van der Waals surface area contributed by atoms with Gasteiger partial charge in [0.1, 0.15) is 17.8 Å². The highest BCUT2D eigenvalue weighted by molar-refractivity contribution is 6.32. The number of nitrogens with zero attached hydrogens (tertiary/aromatic N) is 3. The van der Waals surface area contributed by atoms with E-state index in [0.717, 1.165) is 11.1 Å². The topological polar surface area (TPSA) is 115 Å². The van der Waals surface area contributed by atoms with E-state index in [2.05, 4.69) is 25.8 Å². The second kappa shape index (κ2) is 7.88. The number of ether oxygens (including phenoxy) is 1. The van der Waals surface area contributed by atoms with Gasteiger partial charge < -0.3 is 10.5 Å². The van der Waals surface area contributed by atoms with Crippen molar-refractivity contribution >= 4 is 29.0 Å². The van der Waals surface area contributed by atoms with Crippen LogP contribution in [-0.2, 0) is 0 Å². The van der Waals surface area contributed by atoms with E-state index in [1.807, 2.05) is 13.8 Å². The summed E-state index contributed by atoms with van der Waals surface area (Å²) in [5.41, 5.74) is 13.5. The van der Waals surface area contributed by atoms with Crippen molar-refractivity contribution in [2.45, 2.75) is 13.8 Å². The maximum atomic E-state index is 12.1. The Morgan fingerprint density at radius 2 is 1.96 bits per heavy atom. The molecule has 0 aliphatic heterocycles. The van der Waals surface area contributed by atoms with Crippen LogP contribution in [0.5, 0.6) is 11.6 Å². The van der Waals surface area contributed by atoms with E-state index in [4.69, 9.17) is 22.1 Å². The molecule has 3 rings (SSSR count). The Morgan fingerprint density at radius 1 is 1.22 bits per heavy atom. The summed E-state index contributed by atoms with van der Waals surface area (Å²) in [6, 6.07) is 6.87. The number of nitrogen functional groups attached to an aromatic ring is 1. The summed E-state index contributed by atoms with van der Waals surface area (Å²) in [7, 11) is 0. The predicted molar refractivity (Wildman–Crippen MR) is 103 cm³/mol. The first-order valence-corrected chi connectivity index (χ1v) is 8.35. The van der Waals surface area contributed by atoms with Gasteiger partial charge in [-0.1, -0.05) is 11.6 Å². The van der Waals surface area contributed by atoms with Gasteiger partial charge >= 0.3 is 0 Å². The number of anilines is 2. The summed E-state index contributed by atoms with van der Waals surface area (Å²) >= 11 is 6.17. The van der Waals surface area contributed by atoms with Crippen LogP contribution in [0, 0.1) is 13.8 Å². The van der Waals surface area contributed by atoms with E-state index < -0.39 is 0 Å². The zero-order chi connectivity index (χ0) is 19.4. The minimum Gasteiger partial charge on any atom is -0.437 e. The highest BCUT2D eigenvalue weighted by Gasteiger charge is 2.13. The Hall–Kier alpha value is -3.39. The molecule has 1 aromatic carbocycles. The van der Waals surface area contributed by atoms with Gasteiger partial charge in [-0.3, -0.25) is 20.6 Å². The Bertz CT molecular complexity index is 958. The highest BCUT2D eigenvalue weighted by Crippen LogP contribution is 2.32. The molecule has 0 fully saturated rings. The molecule has 1 amide bonds. The van der Waals surface area contributed by atoms with Crippen molar-refractivity contribution < 1.29 is 9.53 Å². The Balaban J connectivity index is 1.75. The van der Waals surface area contributed by atoms with E-state index in [-0.39, 0.29) is 23.3 Å². The number of amides is 1. The van der Waals surface area contributed by atoms with E-state index in [0.29, 0.717) is 16.3 Å². The Morgan fingerprint density at radius 3 is 2.63 bits per heavy atom. The number of carbonyl (C=O) groups is 1. The van der Waals surface area contributed by atoms with Crippen molar-refractivity contribution in [2.75, 3.05) is 11.2 Å². The highest BCUT2D eigenvalue weighted by atomic mass is 35.5. The molecule has 0 bridgehead atoms. The number of aromatic nitrogens is 3. The molecule has 8 nitrogen and oxygen atoms in total. The van der Waals surface area contributed by atoms with E-state index in [1.165, 1.54) is 12.5 Å². The molecule has 2 heterocycles. The lowest BCUT2D eigenvalue weighted by atomic mass is 10.1. The molecule has 0 saturated carbocycles. The number of rotatable bonds is 5. The fraction of sp³-hybridized carbons (Fsp3) is 0.111. The van der Waals surface area contributed by atoms with Crippen molar-refractivity contribution in [3.63, 3.8) is 0 Å². The van der Waals surface area contributed by atoms with Gasteiger partial charge in [-0.2, -0.15) is 4.98 Å². The molecule has 4 N–H and O–H groups in total. The fourth-order valence-corrected chi connectivity index (χ4v) is 2.43. The first-order valence-electron chi connectivity index (χ1n) is 7.97. The van der Waals surface area contributed by atoms with Crippen LogP contribution >= 0.6 is 11.6 Å². The molecule has 0 radical (unpaired) electrons. The van der Waals surface area contributed by atoms with E-state index in [9.17, 15) is 4.79 Å². The summed E-state index contributed by atoms with van der Waals surface area (Å²) < 4.78 is 5.76. The number of hydrazine groups is 1. The third kappa shape index (κ3) is 4.24. The number of benzene rings is 1. The second-order valence-electron chi connectivity index (χ2n) is 5.74. The molecule has 0 spiro atoms. The number of aryl methyl sites for hydroxylation is 2. The maximum Gasteiger partial charge on any atom is 0.271 e. The number of pyridine rings is 1. The van der Waals surface area contributed by atoms with Crippen molar-refractivity contribution in [1.29, 1.82) is 0 Å². The molecular weight excluding hydrogens is 368 g/mol. The molecule has 0 unspecified atom stereocenters. The summed E-state index contributed by atoms with van der Waals surface area (Å²) in [5.74, 6) is 0.529. The van der Waals surface area contributed by atoms with Gasteiger partial charge in [-0.05, 0) is 49.2 Å². The summed E-state index contributed by atoms with van der Waals surface area (Å²) in [6.07, 6.45) is 4.30. The number of hydrogen-bond donors (Lipinski definition) is 3. The van der Waals surface area contributed by atoms with E-state index >= 15 is 0 Å². The first-order chi connectivity index (χ1) is 13.0. The number of halogens is 1. The zero-order valence-corrected chi connectivity index (χ0v) is 15.4. The van der Waals surface area contributed by atoms with Crippen LogP contribution in [0.3, 0.4) is 0 Å². The van der Waals surface area contributed by atoms with Gasteiger partial charge in [0, 0.05) is 17.4 Å². The zero-order valence-electron chi connectivity index (χ0n) is 14.7. The molecule has 9 heteroatoms. The van der Waals surface area contributed by atoms with Crippen LogP contribution < -0.4 is 21.3 Å². The normalized spacial score (nSPS) is 10.3. The van der Waals surface area contributed by atoms with Gasteiger partial charge in [-0.25, -0.2) is 4.98 Å². The third-order valence-corrected chi connectivity index (χ3v) is 4.29. The maximum absolute atomic E-state index is 12.1. The lowest BCUT2D eigenvalue weighted by molar-refractivity contribution is 0.0962. The molecule has 138 valence electrons. The molecule has 2 aromatic heterocycles. The summed E-state index contributed by atoms with van der Waals surface area (Å²) in [6.45, 7) is 3.76. The molecule has 0 aliphatic rings. The minimum atomic E-state index is -0.382. The van der Waals surface area contributed by atoms with Crippen molar-refractivity contribution in [3.8, 4) is 11.6 Å². The number of carbonyl (C=O) groups excluding carboxylic acids is 1. The van der Waals surface area contributed by atoms with Crippen LogP contribution in [0.4, 0.5) is 11.5 Å². The van der Waals surface area contributed by atoms with Crippen molar-refractivity contribution in [1.82, 2.24) is 20.4 Å². The fourth-order valence-electron chi connectivity index (χ4n) is 2.32. The Kier molecular flexibility index (Phi) is 5.37. The van der Waals surface area contributed by atoms with E-state index in [1.54, 1.807) is 30.5 Å². The van der Waals surface area contributed by atoms with Crippen LogP contribution in [0.1, 0.15) is 21.5 Å². The van der Waals surface area contributed by atoms with Crippen molar-refractivity contribution in [2.24, 2.45) is 0 Å². The van der Waals surface area contributed by atoms with Gasteiger partial charge in [0.15, 0.2) is 5.82 Å². The average molecular weight is 385 g/mol.